The van der Waals surface area contributed by atoms with Crippen LogP contribution in [0.3, 0.4) is 0 Å². The number of carbonyl (C=O) groups is 2. The van der Waals surface area contributed by atoms with E-state index in [9.17, 15) is 9.59 Å². The highest BCUT2D eigenvalue weighted by Gasteiger charge is 2.34. The van der Waals surface area contributed by atoms with Gasteiger partial charge in [-0.15, -0.1) is 0 Å². The van der Waals surface area contributed by atoms with E-state index in [-0.39, 0.29) is 17.7 Å². The standard InChI is InChI=1S/C17H24N2O2/c1-4-5-9-19-11-14(10-15(19)20)17(21)18-16-12(2)7-6-8-13(16)3/h6-8,14H,4-5,9-11H2,1-3H3,(H,18,21). The molecule has 1 fully saturated rings. The maximum atomic E-state index is 12.4. The zero-order chi connectivity index (χ0) is 15.4. The van der Waals surface area contributed by atoms with Gasteiger partial charge in [0.15, 0.2) is 0 Å². The number of anilines is 1. The van der Waals surface area contributed by atoms with Gasteiger partial charge in [0.05, 0.1) is 5.92 Å². The van der Waals surface area contributed by atoms with Crippen LogP contribution in [0.25, 0.3) is 0 Å². The minimum atomic E-state index is -0.228. The second-order valence-corrected chi connectivity index (χ2v) is 5.85. The predicted molar refractivity (Wildman–Crippen MR) is 84.1 cm³/mol. The fourth-order valence-corrected chi connectivity index (χ4v) is 2.75. The number of rotatable bonds is 5. The highest BCUT2D eigenvalue weighted by Crippen LogP contribution is 2.24. The number of likely N-dealkylation sites (tertiary alicyclic amines) is 1. The first-order valence-corrected chi connectivity index (χ1v) is 7.67. The minimum Gasteiger partial charge on any atom is -0.342 e. The van der Waals surface area contributed by atoms with Crippen molar-refractivity contribution in [2.75, 3.05) is 18.4 Å². The summed E-state index contributed by atoms with van der Waals surface area (Å²) in [6.45, 7) is 7.38. The average Bonchev–Trinajstić information content (AvgIpc) is 2.82. The molecule has 2 rings (SSSR count). The van der Waals surface area contributed by atoms with Crippen molar-refractivity contribution < 1.29 is 9.59 Å². The van der Waals surface area contributed by atoms with Gasteiger partial charge in [0.25, 0.3) is 0 Å². The lowest BCUT2D eigenvalue weighted by atomic mass is 10.1. The molecule has 2 amide bonds. The van der Waals surface area contributed by atoms with Crippen molar-refractivity contribution in [3.63, 3.8) is 0 Å². The van der Waals surface area contributed by atoms with Crippen molar-refractivity contribution in [3.05, 3.63) is 29.3 Å². The van der Waals surface area contributed by atoms with Crippen LogP contribution in [-0.4, -0.2) is 29.8 Å². The molecular formula is C17H24N2O2. The van der Waals surface area contributed by atoms with Gasteiger partial charge in [0, 0.05) is 25.2 Å². The van der Waals surface area contributed by atoms with Crippen LogP contribution in [0.15, 0.2) is 18.2 Å². The van der Waals surface area contributed by atoms with E-state index in [4.69, 9.17) is 0 Å². The highest BCUT2D eigenvalue weighted by atomic mass is 16.2. The molecule has 0 spiro atoms. The summed E-state index contributed by atoms with van der Waals surface area (Å²) in [4.78, 5) is 26.1. The van der Waals surface area contributed by atoms with Gasteiger partial charge in [-0.2, -0.15) is 0 Å². The molecule has 1 saturated heterocycles. The summed E-state index contributed by atoms with van der Waals surface area (Å²) in [6.07, 6.45) is 2.39. The van der Waals surface area contributed by atoms with Gasteiger partial charge in [-0.05, 0) is 31.4 Å². The van der Waals surface area contributed by atoms with Gasteiger partial charge >= 0.3 is 0 Å². The second kappa shape index (κ2) is 6.74. The van der Waals surface area contributed by atoms with E-state index in [1.165, 1.54) is 0 Å². The molecule has 1 N–H and O–H groups in total. The van der Waals surface area contributed by atoms with Crippen LogP contribution in [-0.2, 0) is 9.59 Å². The monoisotopic (exact) mass is 288 g/mol. The summed E-state index contributed by atoms with van der Waals surface area (Å²) in [7, 11) is 0. The number of amides is 2. The van der Waals surface area contributed by atoms with Crippen molar-refractivity contribution in [2.24, 2.45) is 5.92 Å². The number of unbranched alkanes of at least 4 members (excludes halogenated alkanes) is 1. The number of hydrogen-bond acceptors (Lipinski definition) is 2. The quantitative estimate of drug-likeness (QED) is 0.905. The van der Waals surface area contributed by atoms with Crippen LogP contribution in [0.2, 0.25) is 0 Å². The molecule has 0 bridgehead atoms. The number of hydrogen-bond donors (Lipinski definition) is 1. The van der Waals surface area contributed by atoms with Crippen LogP contribution in [0.1, 0.15) is 37.3 Å². The van der Waals surface area contributed by atoms with Crippen molar-refractivity contribution in [2.45, 2.75) is 40.0 Å². The maximum Gasteiger partial charge on any atom is 0.229 e. The average molecular weight is 288 g/mol. The van der Waals surface area contributed by atoms with E-state index in [1.54, 1.807) is 0 Å². The predicted octanol–water partition coefficient (Wildman–Crippen LogP) is 2.89. The number of carbonyl (C=O) groups excluding carboxylic acids is 2. The number of para-hydroxylation sites is 1. The lowest BCUT2D eigenvalue weighted by Crippen LogP contribution is -2.29. The molecule has 1 aromatic rings. The first kappa shape index (κ1) is 15.5. The Morgan fingerprint density at radius 1 is 1.33 bits per heavy atom. The van der Waals surface area contributed by atoms with Crippen LogP contribution >= 0.6 is 0 Å². The van der Waals surface area contributed by atoms with Crippen LogP contribution in [0.4, 0.5) is 5.69 Å². The molecule has 1 atom stereocenters. The molecule has 1 aliphatic heterocycles. The van der Waals surface area contributed by atoms with Crippen LogP contribution in [0.5, 0.6) is 0 Å². The smallest absolute Gasteiger partial charge is 0.229 e. The summed E-state index contributed by atoms with van der Waals surface area (Å²) in [5.41, 5.74) is 2.98. The number of aryl methyl sites for hydroxylation is 2. The Morgan fingerprint density at radius 2 is 2.00 bits per heavy atom. The minimum absolute atomic E-state index is 0.0419. The molecule has 1 aromatic carbocycles. The van der Waals surface area contributed by atoms with Gasteiger partial charge < -0.3 is 10.2 Å². The summed E-state index contributed by atoms with van der Waals surface area (Å²) in [5.74, 6) is -0.168. The molecular weight excluding hydrogens is 264 g/mol. The zero-order valence-electron chi connectivity index (χ0n) is 13.1. The van der Waals surface area contributed by atoms with Crippen LogP contribution < -0.4 is 5.32 Å². The van der Waals surface area contributed by atoms with Gasteiger partial charge in [-0.25, -0.2) is 0 Å². The fourth-order valence-electron chi connectivity index (χ4n) is 2.75. The highest BCUT2D eigenvalue weighted by molar-refractivity contribution is 5.98. The molecule has 0 aromatic heterocycles. The summed E-state index contributed by atoms with van der Waals surface area (Å²) >= 11 is 0. The summed E-state index contributed by atoms with van der Waals surface area (Å²) in [6, 6.07) is 5.94. The van der Waals surface area contributed by atoms with Gasteiger partial charge in [-0.1, -0.05) is 31.5 Å². The van der Waals surface area contributed by atoms with Gasteiger partial charge in [0.1, 0.15) is 0 Å². The van der Waals surface area contributed by atoms with Crippen molar-refractivity contribution in [3.8, 4) is 0 Å². The first-order valence-electron chi connectivity index (χ1n) is 7.67. The lowest BCUT2D eigenvalue weighted by molar-refractivity contribution is -0.128. The van der Waals surface area contributed by atoms with Gasteiger partial charge in [-0.3, -0.25) is 9.59 Å². The Labute approximate surface area is 126 Å². The van der Waals surface area contributed by atoms with E-state index >= 15 is 0 Å². The Hall–Kier alpha value is -1.84. The zero-order valence-corrected chi connectivity index (χ0v) is 13.1. The Kier molecular flexibility index (Phi) is 4.99. The molecule has 1 aliphatic rings. The number of nitrogens with zero attached hydrogens (tertiary/aromatic N) is 1. The molecule has 4 heteroatoms. The molecule has 1 unspecified atom stereocenters. The van der Waals surface area contributed by atoms with Crippen molar-refractivity contribution >= 4 is 17.5 Å². The topological polar surface area (TPSA) is 49.4 Å². The molecule has 1 heterocycles. The number of benzene rings is 1. The molecule has 21 heavy (non-hydrogen) atoms. The lowest BCUT2D eigenvalue weighted by Gasteiger charge is -2.17. The Morgan fingerprint density at radius 3 is 2.62 bits per heavy atom. The van der Waals surface area contributed by atoms with E-state index in [0.29, 0.717) is 13.0 Å². The van der Waals surface area contributed by atoms with E-state index in [1.807, 2.05) is 36.9 Å². The first-order chi connectivity index (χ1) is 10.0. The normalized spacial score (nSPS) is 18.1. The SMILES string of the molecule is CCCCN1CC(C(=O)Nc2c(C)cccc2C)CC1=O. The van der Waals surface area contributed by atoms with Crippen molar-refractivity contribution in [1.29, 1.82) is 0 Å². The molecule has 4 nitrogen and oxygen atoms in total. The van der Waals surface area contributed by atoms with Gasteiger partial charge in [0.2, 0.25) is 11.8 Å². The molecule has 0 aliphatic carbocycles. The summed E-state index contributed by atoms with van der Waals surface area (Å²) < 4.78 is 0. The maximum absolute atomic E-state index is 12.4. The Bertz CT molecular complexity index is 519. The molecule has 0 saturated carbocycles. The van der Waals surface area contributed by atoms with E-state index < -0.39 is 0 Å². The second-order valence-electron chi connectivity index (χ2n) is 5.85. The third kappa shape index (κ3) is 3.63. The fraction of sp³-hybridized carbons (Fsp3) is 0.529. The third-order valence-electron chi connectivity index (χ3n) is 4.10. The van der Waals surface area contributed by atoms with Crippen LogP contribution in [0, 0.1) is 19.8 Å². The number of nitrogens with one attached hydrogen (secondary N) is 1. The molecule has 114 valence electrons. The summed E-state index contributed by atoms with van der Waals surface area (Å²) in [5, 5.41) is 3.00. The third-order valence-corrected chi connectivity index (χ3v) is 4.10. The largest absolute Gasteiger partial charge is 0.342 e. The van der Waals surface area contributed by atoms with E-state index in [0.717, 1.165) is 36.2 Å². The Balaban J connectivity index is 2.00. The molecule has 0 radical (unpaired) electrons. The van der Waals surface area contributed by atoms with Crippen molar-refractivity contribution in [1.82, 2.24) is 4.90 Å². The van der Waals surface area contributed by atoms with E-state index in [2.05, 4.69) is 12.2 Å².